The van der Waals surface area contributed by atoms with Gasteiger partial charge < -0.3 is 0 Å². The Balaban J connectivity index is 2.43. The molecule has 1 heteroatoms. The van der Waals surface area contributed by atoms with E-state index in [0.29, 0.717) is 0 Å². The van der Waals surface area contributed by atoms with Gasteiger partial charge in [-0.15, -0.1) is 0 Å². The van der Waals surface area contributed by atoms with Gasteiger partial charge in [0.2, 0.25) is 0 Å². The molecule has 0 saturated carbocycles. The predicted molar refractivity (Wildman–Crippen MR) is 52.3 cm³/mol. The fourth-order valence-corrected chi connectivity index (χ4v) is 2.08. The van der Waals surface area contributed by atoms with Crippen LogP contribution >= 0.6 is 0 Å². The molecule has 1 aromatic carbocycles. The van der Waals surface area contributed by atoms with Crippen LogP contribution in [0.1, 0.15) is 30.0 Å². The van der Waals surface area contributed by atoms with Gasteiger partial charge in [-0.3, -0.25) is 0 Å². The molecule has 13 heavy (non-hydrogen) atoms. The summed E-state index contributed by atoms with van der Waals surface area (Å²) in [5, 5.41) is 0. The maximum absolute atomic E-state index is 13.2. The molecule has 70 valence electrons. The van der Waals surface area contributed by atoms with Gasteiger partial charge in [-0.25, -0.2) is 4.39 Å². The van der Waals surface area contributed by atoms with Gasteiger partial charge in [-0.05, 0) is 54.9 Å². The third kappa shape index (κ3) is 1.60. The number of benzene rings is 1. The average Bonchev–Trinajstić information content (AvgIpc) is 2.08. The molecule has 0 heterocycles. The van der Waals surface area contributed by atoms with Gasteiger partial charge in [0.05, 0.1) is 0 Å². The number of hydrogen-bond donors (Lipinski definition) is 0. The van der Waals surface area contributed by atoms with E-state index in [9.17, 15) is 4.39 Å². The van der Waals surface area contributed by atoms with Crippen molar-refractivity contribution >= 4 is 0 Å². The maximum Gasteiger partial charge on any atom is 0.126 e. The van der Waals surface area contributed by atoms with Crippen molar-refractivity contribution in [2.75, 3.05) is 0 Å². The molecule has 1 unspecified atom stereocenters. The first-order valence-corrected chi connectivity index (χ1v) is 4.94. The number of halogens is 1. The second-order valence-electron chi connectivity index (χ2n) is 4.22. The van der Waals surface area contributed by atoms with E-state index in [1.165, 1.54) is 17.5 Å². The van der Waals surface area contributed by atoms with Crippen LogP contribution in [0.2, 0.25) is 0 Å². The van der Waals surface area contributed by atoms with Crippen molar-refractivity contribution in [3.05, 3.63) is 34.6 Å². The van der Waals surface area contributed by atoms with E-state index in [1.807, 2.05) is 13.0 Å². The van der Waals surface area contributed by atoms with Gasteiger partial charge in [0.15, 0.2) is 0 Å². The maximum atomic E-state index is 13.2. The lowest BCUT2D eigenvalue weighted by Gasteiger charge is -2.21. The summed E-state index contributed by atoms with van der Waals surface area (Å²) >= 11 is 0. The second-order valence-corrected chi connectivity index (χ2v) is 4.22. The summed E-state index contributed by atoms with van der Waals surface area (Å²) in [6, 6.07) is 3.73. The fraction of sp³-hybridized carbons (Fsp3) is 0.500. The van der Waals surface area contributed by atoms with Crippen molar-refractivity contribution in [1.29, 1.82) is 0 Å². The topological polar surface area (TPSA) is 0 Å². The Hall–Kier alpha value is -0.850. The number of hydrogen-bond acceptors (Lipinski definition) is 0. The first-order chi connectivity index (χ1) is 6.16. The van der Waals surface area contributed by atoms with Crippen molar-refractivity contribution in [1.82, 2.24) is 0 Å². The Labute approximate surface area is 78.8 Å². The molecule has 0 nitrogen and oxygen atoms in total. The highest BCUT2D eigenvalue weighted by Crippen LogP contribution is 2.27. The smallest absolute Gasteiger partial charge is 0.126 e. The van der Waals surface area contributed by atoms with E-state index in [2.05, 4.69) is 6.92 Å². The Morgan fingerprint density at radius 1 is 1.31 bits per heavy atom. The monoisotopic (exact) mass is 178 g/mol. The molecule has 0 aromatic heterocycles. The Kier molecular flexibility index (Phi) is 2.10. The van der Waals surface area contributed by atoms with Crippen molar-refractivity contribution < 1.29 is 4.39 Å². The Morgan fingerprint density at radius 3 is 2.85 bits per heavy atom. The molecule has 0 amide bonds. The average molecular weight is 178 g/mol. The quantitative estimate of drug-likeness (QED) is 0.572. The third-order valence-corrected chi connectivity index (χ3v) is 2.96. The van der Waals surface area contributed by atoms with Crippen molar-refractivity contribution in [3.8, 4) is 0 Å². The van der Waals surface area contributed by atoms with Crippen LogP contribution in [-0.4, -0.2) is 0 Å². The summed E-state index contributed by atoms with van der Waals surface area (Å²) in [6.07, 6.45) is 3.42. The summed E-state index contributed by atoms with van der Waals surface area (Å²) in [6.45, 7) is 4.08. The summed E-state index contributed by atoms with van der Waals surface area (Å²) in [4.78, 5) is 0. The van der Waals surface area contributed by atoms with Crippen LogP contribution in [-0.2, 0) is 12.8 Å². The van der Waals surface area contributed by atoms with Gasteiger partial charge in [0.25, 0.3) is 0 Å². The highest BCUT2D eigenvalue weighted by Gasteiger charge is 2.16. The lowest BCUT2D eigenvalue weighted by atomic mass is 9.84. The van der Waals surface area contributed by atoms with Gasteiger partial charge in [0.1, 0.15) is 5.82 Å². The zero-order valence-electron chi connectivity index (χ0n) is 8.23. The van der Waals surface area contributed by atoms with Crippen molar-refractivity contribution in [3.63, 3.8) is 0 Å². The molecule has 1 aliphatic rings. The minimum absolute atomic E-state index is 0.0483. The molecule has 0 spiro atoms. The molecule has 0 N–H and O–H groups in total. The molecular weight excluding hydrogens is 163 g/mol. The fourth-order valence-electron chi connectivity index (χ4n) is 2.08. The summed E-state index contributed by atoms with van der Waals surface area (Å²) in [7, 11) is 0. The van der Waals surface area contributed by atoms with Crippen LogP contribution in [0.25, 0.3) is 0 Å². The lowest BCUT2D eigenvalue weighted by molar-refractivity contribution is 0.496. The van der Waals surface area contributed by atoms with Crippen LogP contribution in [0, 0.1) is 18.7 Å². The summed E-state index contributed by atoms with van der Waals surface area (Å²) in [5.41, 5.74) is 3.37. The van der Waals surface area contributed by atoms with E-state index in [4.69, 9.17) is 0 Å². The zero-order chi connectivity index (χ0) is 9.42. The highest BCUT2D eigenvalue weighted by atomic mass is 19.1. The van der Waals surface area contributed by atoms with Gasteiger partial charge in [0, 0.05) is 0 Å². The highest BCUT2D eigenvalue weighted by molar-refractivity contribution is 5.34. The standard InChI is InChI=1S/C12H15F/c1-8-3-4-10-6-9(2)12(13)7-11(10)5-8/h6-8H,3-5H2,1-2H3. The van der Waals surface area contributed by atoms with Crippen molar-refractivity contribution in [2.45, 2.75) is 33.1 Å². The predicted octanol–water partition coefficient (Wildman–Crippen LogP) is 3.26. The van der Waals surface area contributed by atoms with E-state index < -0.39 is 0 Å². The lowest BCUT2D eigenvalue weighted by Crippen LogP contribution is -2.11. The zero-order valence-corrected chi connectivity index (χ0v) is 8.23. The molecule has 0 saturated heterocycles. The van der Waals surface area contributed by atoms with Crippen LogP contribution in [0.15, 0.2) is 12.1 Å². The third-order valence-electron chi connectivity index (χ3n) is 2.96. The minimum atomic E-state index is -0.0483. The van der Waals surface area contributed by atoms with Gasteiger partial charge >= 0.3 is 0 Å². The van der Waals surface area contributed by atoms with E-state index >= 15 is 0 Å². The Bertz CT molecular complexity index is 328. The van der Waals surface area contributed by atoms with Crippen LogP contribution < -0.4 is 0 Å². The molecule has 1 aromatic rings. The normalized spacial score (nSPS) is 21.3. The summed E-state index contributed by atoms with van der Waals surface area (Å²) in [5.74, 6) is 0.669. The van der Waals surface area contributed by atoms with Crippen LogP contribution in [0.4, 0.5) is 4.39 Å². The van der Waals surface area contributed by atoms with E-state index in [0.717, 1.165) is 24.3 Å². The first kappa shape index (κ1) is 8.74. The van der Waals surface area contributed by atoms with Gasteiger partial charge in [-0.1, -0.05) is 13.0 Å². The molecule has 2 rings (SSSR count). The number of rotatable bonds is 0. The molecular formula is C12H15F. The SMILES string of the molecule is Cc1cc2c(cc1F)CC(C)CC2. The second kappa shape index (κ2) is 3.13. The minimum Gasteiger partial charge on any atom is -0.207 e. The Morgan fingerprint density at radius 2 is 2.08 bits per heavy atom. The molecule has 0 radical (unpaired) electrons. The molecule has 1 aliphatic carbocycles. The summed E-state index contributed by atoms with van der Waals surface area (Å²) < 4.78 is 13.2. The molecule has 1 atom stereocenters. The van der Waals surface area contributed by atoms with Gasteiger partial charge in [-0.2, -0.15) is 0 Å². The first-order valence-electron chi connectivity index (χ1n) is 4.94. The van der Waals surface area contributed by atoms with Crippen LogP contribution in [0.3, 0.4) is 0 Å². The number of fused-ring (bicyclic) bond motifs is 1. The van der Waals surface area contributed by atoms with E-state index in [-0.39, 0.29) is 5.82 Å². The van der Waals surface area contributed by atoms with Crippen molar-refractivity contribution in [2.24, 2.45) is 5.92 Å². The molecule has 0 aliphatic heterocycles. The largest absolute Gasteiger partial charge is 0.207 e. The van der Waals surface area contributed by atoms with E-state index in [1.54, 1.807) is 6.07 Å². The molecule has 0 fully saturated rings. The van der Waals surface area contributed by atoms with Crippen LogP contribution in [0.5, 0.6) is 0 Å². The molecule has 0 bridgehead atoms. The number of aryl methyl sites for hydroxylation is 2.